The maximum absolute atomic E-state index is 16.4. The van der Waals surface area contributed by atoms with Gasteiger partial charge in [-0.25, -0.2) is 13.9 Å². The molecule has 2 fully saturated rings. The third kappa shape index (κ3) is 5.15. The molecular formula is C29H34ClFN7O7P. The summed E-state index contributed by atoms with van der Waals surface area (Å²) in [6.45, 7) is 4.74. The molecule has 6 rings (SSSR count). The predicted octanol–water partition coefficient (Wildman–Crippen LogP) is 3.72. The van der Waals surface area contributed by atoms with Crippen molar-refractivity contribution >= 4 is 59.0 Å². The Morgan fingerprint density at radius 2 is 1.96 bits per heavy atom. The van der Waals surface area contributed by atoms with Gasteiger partial charge < -0.3 is 29.7 Å². The van der Waals surface area contributed by atoms with Gasteiger partial charge >= 0.3 is 13.7 Å². The van der Waals surface area contributed by atoms with E-state index < -0.39 is 61.4 Å². The van der Waals surface area contributed by atoms with Gasteiger partial charge in [0.2, 0.25) is 5.95 Å². The van der Waals surface area contributed by atoms with Gasteiger partial charge in [0.05, 0.1) is 18.3 Å². The Morgan fingerprint density at radius 1 is 1.24 bits per heavy atom. The second kappa shape index (κ2) is 11.6. The first-order chi connectivity index (χ1) is 21.7. The van der Waals surface area contributed by atoms with Crippen LogP contribution >= 0.6 is 19.3 Å². The van der Waals surface area contributed by atoms with Crippen molar-refractivity contribution in [1.82, 2.24) is 24.6 Å². The third-order valence-electron chi connectivity index (χ3n) is 8.01. The Hall–Kier alpha value is -3.59. The number of nitrogens with one attached hydrogen (secondary N) is 1. The van der Waals surface area contributed by atoms with E-state index in [0.717, 1.165) is 5.39 Å². The van der Waals surface area contributed by atoms with Crippen LogP contribution in [0.5, 0.6) is 5.75 Å². The van der Waals surface area contributed by atoms with Crippen molar-refractivity contribution in [3.63, 3.8) is 0 Å². The lowest BCUT2D eigenvalue weighted by Gasteiger charge is -2.27. The van der Waals surface area contributed by atoms with Gasteiger partial charge in [0.1, 0.15) is 23.5 Å². The molecule has 2 unspecified atom stereocenters. The van der Waals surface area contributed by atoms with Gasteiger partial charge in [0, 0.05) is 19.5 Å². The van der Waals surface area contributed by atoms with Gasteiger partial charge in [-0.2, -0.15) is 15.1 Å². The molecule has 1 aliphatic heterocycles. The molecule has 2 aliphatic rings. The largest absolute Gasteiger partial charge is 0.462 e. The number of hydrogen-bond acceptors (Lipinski definition) is 12. The van der Waals surface area contributed by atoms with Gasteiger partial charge in [-0.3, -0.25) is 13.9 Å². The fourth-order valence-corrected chi connectivity index (χ4v) is 7.92. The molecule has 14 nitrogen and oxygen atoms in total. The molecule has 7 atom stereocenters. The molecular weight excluding hydrogens is 644 g/mol. The number of aromatic nitrogens is 4. The number of carbonyl (C=O) groups excluding carboxylic acids is 1. The number of hydrogen-bond donors (Lipinski definition) is 3. The van der Waals surface area contributed by atoms with E-state index in [1.165, 1.54) is 17.8 Å². The van der Waals surface area contributed by atoms with E-state index in [1.54, 1.807) is 57.1 Å². The molecule has 0 bridgehead atoms. The average molecular weight is 678 g/mol. The summed E-state index contributed by atoms with van der Waals surface area (Å²) >= 11 is 6.32. The van der Waals surface area contributed by atoms with Crippen LogP contribution in [-0.2, 0) is 23.4 Å². The minimum absolute atomic E-state index is 0.0776. The van der Waals surface area contributed by atoms with E-state index in [2.05, 4.69) is 20.0 Å². The number of alkyl halides is 2. The van der Waals surface area contributed by atoms with Crippen LogP contribution in [0.1, 0.15) is 27.0 Å². The van der Waals surface area contributed by atoms with Gasteiger partial charge in [0.25, 0.3) is 0 Å². The van der Waals surface area contributed by atoms with Crippen molar-refractivity contribution in [1.29, 1.82) is 0 Å². The number of anilines is 2. The summed E-state index contributed by atoms with van der Waals surface area (Å²) in [5, 5.41) is 15.7. The third-order valence-corrected chi connectivity index (χ3v) is 10.0. The Kier molecular flexibility index (Phi) is 8.15. The molecule has 0 amide bonds. The molecule has 0 spiro atoms. The quantitative estimate of drug-likeness (QED) is 0.119. The summed E-state index contributed by atoms with van der Waals surface area (Å²) in [5.41, 5.74) is 2.17. The molecule has 2 aromatic carbocycles. The Labute approximate surface area is 268 Å². The van der Waals surface area contributed by atoms with Gasteiger partial charge in [0.15, 0.2) is 35.0 Å². The summed E-state index contributed by atoms with van der Waals surface area (Å²) in [7, 11) is -1.12. The molecule has 4 aromatic rings. The smallest absolute Gasteiger partial charge is 0.459 e. The predicted molar refractivity (Wildman–Crippen MR) is 168 cm³/mol. The van der Waals surface area contributed by atoms with E-state index >= 15 is 4.39 Å². The molecule has 17 heteroatoms. The molecule has 1 saturated heterocycles. The summed E-state index contributed by atoms with van der Waals surface area (Å²) in [4.78, 5) is 27.1. The van der Waals surface area contributed by atoms with Crippen molar-refractivity contribution in [2.45, 2.75) is 62.6 Å². The number of nitrogens with two attached hydrogens (primary N) is 1. The van der Waals surface area contributed by atoms with Crippen LogP contribution in [0.15, 0.2) is 48.8 Å². The van der Waals surface area contributed by atoms with Crippen molar-refractivity contribution in [2.75, 3.05) is 30.6 Å². The standard InChI is InChI=1S/C29H34ClFN7O7P/c1-15(2)42-25(39)16(3)36-46(41,44-19-12-8-10-17-9-6-7-11-18(17)19)45-26-28(13-30)29(26,40)21(31)24(43-28)38-14-33-20-22(37(4)5)34-27(32)35-23(20)38/h6-12,14-16,21,24,26,40H,13H2,1-5H3,(H,36,41)(H2,32,34,35)/t16-,21+,24-,26?,28-,29-,46?/m1/s1. The van der Waals surface area contributed by atoms with E-state index in [4.69, 9.17) is 35.9 Å². The highest BCUT2D eigenvalue weighted by Gasteiger charge is 2.90. The number of aliphatic hydroxyl groups is 1. The summed E-state index contributed by atoms with van der Waals surface area (Å²) in [6.07, 6.45) is -4.35. The minimum atomic E-state index is -4.59. The minimum Gasteiger partial charge on any atom is -0.462 e. The monoisotopic (exact) mass is 677 g/mol. The molecule has 46 heavy (non-hydrogen) atoms. The first kappa shape index (κ1) is 32.4. The lowest BCUT2D eigenvalue weighted by molar-refractivity contribution is -0.149. The number of imidazole rings is 1. The van der Waals surface area contributed by atoms with Crippen LogP contribution < -0.4 is 20.2 Å². The van der Waals surface area contributed by atoms with Crippen LogP contribution in [-0.4, -0.2) is 86.2 Å². The van der Waals surface area contributed by atoms with E-state index in [9.17, 15) is 14.5 Å². The number of benzene rings is 2. The molecule has 4 N–H and O–H groups in total. The summed E-state index contributed by atoms with van der Waals surface area (Å²) in [6, 6.07) is 11.1. The van der Waals surface area contributed by atoms with Crippen molar-refractivity contribution in [3.05, 3.63) is 48.8 Å². The molecule has 246 valence electrons. The number of fused-ring (bicyclic) bond motifs is 3. The fraction of sp³-hybridized carbons (Fsp3) is 0.448. The summed E-state index contributed by atoms with van der Waals surface area (Å²) in [5.74, 6) is -0.699. The van der Waals surface area contributed by atoms with Crippen LogP contribution in [0.3, 0.4) is 0 Å². The number of nitrogen functional groups attached to an aromatic ring is 1. The van der Waals surface area contributed by atoms with Crippen LogP contribution in [0.4, 0.5) is 16.2 Å². The normalized spacial score (nSPS) is 27.4. The Morgan fingerprint density at radius 3 is 2.63 bits per heavy atom. The van der Waals surface area contributed by atoms with E-state index in [0.29, 0.717) is 16.7 Å². The van der Waals surface area contributed by atoms with Crippen molar-refractivity contribution in [2.24, 2.45) is 0 Å². The zero-order valence-electron chi connectivity index (χ0n) is 25.6. The number of halogens is 2. The van der Waals surface area contributed by atoms with E-state index in [-0.39, 0.29) is 17.3 Å². The number of ether oxygens (including phenoxy) is 2. The van der Waals surface area contributed by atoms with Gasteiger partial charge in [-0.1, -0.05) is 36.4 Å². The van der Waals surface area contributed by atoms with Gasteiger partial charge in [-0.05, 0) is 32.2 Å². The maximum atomic E-state index is 16.4. The number of carbonyl (C=O) groups is 1. The topological polar surface area (TPSA) is 176 Å². The van der Waals surface area contributed by atoms with Crippen molar-refractivity contribution in [3.8, 4) is 5.75 Å². The number of esters is 1. The Balaban J connectivity index is 1.33. The molecule has 3 heterocycles. The van der Waals surface area contributed by atoms with Crippen LogP contribution in [0, 0.1) is 0 Å². The Bertz CT molecular complexity index is 1850. The first-order valence-corrected chi connectivity index (χ1v) is 16.5. The zero-order chi connectivity index (χ0) is 33.2. The maximum Gasteiger partial charge on any atom is 0.459 e. The molecule has 2 aromatic heterocycles. The highest BCUT2D eigenvalue weighted by molar-refractivity contribution is 7.52. The van der Waals surface area contributed by atoms with E-state index in [1.807, 2.05) is 18.2 Å². The SMILES string of the molecule is CC(C)OC(=O)[C@@H](C)NP(=O)(Oc1cccc2ccccc12)OC1[C@@]2(CCl)O[C@@H](n3cnc4c(N(C)C)nc(N)nc43)[C@H](F)[C@@]12O. The number of nitrogens with zero attached hydrogens (tertiary/aromatic N) is 5. The second-order valence-corrected chi connectivity index (χ2v) is 13.7. The summed E-state index contributed by atoms with van der Waals surface area (Å²) < 4.78 is 55.4. The zero-order valence-corrected chi connectivity index (χ0v) is 27.3. The average Bonchev–Trinajstić information content (AvgIpc) is 3.23. The number of rotatable bonds is 11. The van der Waals surface area contributed by atoms with Crippen molar-refractivity contribution < 1.29 is 37.4 Å². The van der Waals surface area contributed by atoms with Crippen LogP contribution in [0.25, 0.3) is 21.9 Å². The molecule has 1 saturated carbocycles. The lowest BCUT2D eigenvalue weighted by Crippen LogP contribution is -2.38. The fourth-order valence-electron chi connectivity index (χ4n) is 5.74. The first-order valence-electron chi connectivity index (χ1n) is 14.5. The lowest BCUT2D eigenvalue weighted by atomic mass is 10.1. The van der Waals surface area contributed by atoms with Gasteiger partial charge in [-0.15, -0.1) is 11.6 Å². The second-order valence-electron chi connectivity index (χ2n) is 11.8. The molecule has 0 radical (unpaired) electrons. The highest BCUT2D eigenvalue weighted by Crippen LogP contribution is 2.69. The highest BCUT2D eigenvalue weighted by atomic mass is 35.5. The van der Waals surface area contributed by atoms with Crippen LogP contribution in [0.2, 0.25) is 0 Å². The molecule has 1 aliphatic carbocycles.